The van der Waals surface area contributed by atoms with Gasteiger partial charge in [-0.15, -0.1) is 0 Å². The number of aromatic carboxylic acids is 1. The van der Waals surface area contributed by atoms with Crippen molar-refractivity contribution in [2.75, 3.05) is 0 Å². The number of para-hydroxylation sites is 1. The monoisotopic (exact) mass is 286 g/mol. The van der Waals surface area contributed by atoms with Crippen molar-refractivity contribution in [3.05, 3.63) is 29.6 Å². The molecule has 2 atom stereocenters. The zero-order valence-corrected chi connectivity index (χ0v) is 12.7. The van der Waals surface area contributed by atoms with E-state index in [-0.39, 0.29) is 0 Å². The zero-order valence-electron chi connectivity index (χ0n) is 12.7. The Morgan fingerprint density at radius 1 is 1.43 bits per heavy atom. The molecule has 0 amide bonds. The molecule has 0 radical (unpaired) electrons. The first-order chi connectivity index (χ1) is 10.1. The van der Waals surface area contributed by atoms with Crippen LogP contribution in [0, 0.1) is 5.92 Å². The molecule has 1 heterocycles. The van der Waals surface area contributed by atoms with Crippen LogP contribution in [0.2, 0.25) is 0 Å². The van der Waals surface area contributed by atoms with Gasteiger partial charge in [0.05, 0.1) is 11.1 Å². The van der Waals surface area contributed by atoms with Crippen LogP contribution < -0.4 is 0 Å². The third kappa shape index (κ3) is 2.43. The number of rotatable bonds is 3. The fourth-order valence-corrected chi connectivity index (χ4v) is 3.63. The fourth-order valence-electron chi connectivity index (χ4n) is 3.63. The Labute approximate surface area is 124 Å². The van der Waals surface area contributed by atoms with Gasteiger partial charge >= 0.3 is 5.97 Å². The molecule has 1 fully saturated rings. The Bertz CT molecular complexity index is 675. The summed E-state index contributed by atoms with van der Waals surface area (Å²) in [5.41, 5.74) is 1.93. The molecule has 1 N–H and O–H groups in total. The molecule has 3 rings (SSSR count). The number of nitrogens with zero attached hydrogens (tertiary/aromatic N) is 2. The van der Waals surface area contributed by atoms with Crippen molar-refractivity contribution in [2.45, 2.75) is 52.0 Å². The third-order valence-corrected chi connectivity index (χ3v) is 4.61. The van der Waals surface area contributed by atoms with E-state index in [1.54, 1.807) is 6.07 Å². The largest absolute Gasteiger partial charge is 0.478 e. The maximum atomic E-state index is 11.4. The van der Waals surface area contributed by atoms with Crippen LogP contribution in [0.5, 0.6) is 0 Å². The fraction of sp³-hybridized carbons (Fsp3) is 0.529. The average molecular weight is 286 g/mol. The summed E-state index contributed by atoms with van der Waals surface area (Å²) in [5.74, 6) is 0.844. The standard InChI is InChI=1S/C17H22N2O2/c1-3-15-18-16-13(17(20)21)8-5-9-14(16)19(15)12-7-4-6-11(2)10-12/h5,8-9,11-12H,3-4,6-7,10H2,1-2H3,(H,20,21). The summed E-state index contributed by atoms with van der Waals surface area (Å²) >= 11 is 0. The van der Waals surface area contributed by atoms with E-state index < -0.39 is 5.97 Å². The van der Waals surface area contributed by atoms with Crippen LogP contribution in [0.1, 0.15) is 61.8 Å². The van der Waals surface area contributed by atoms with Gasteiger partial charge in [-0.1, -0.05) is 32.8 Å². The van der Waals surface area contributed by atoms with Crippen molar-refractivity contribution in [1.29, 1.82) is 0 Å². The SMILES string of the molecule is CCc1nc2c(C(=O)O)cccc2n1C1CCCC(C)C1. The molecule has 2 aromatic rings. The Morgan fingerprint density at radius 2 is 2.24 bits per heavy atom. The molecule has 0 bridgehead atoms. The predicted molar refractivity (Wildman–Crippen MR) is 82.7 cm³/mol. The number of carboxylic acids is 1. The highest BCUT2D eigenvalue weighted by molar-refractivity contribution is 6.01. The van der Waals surface area contributed by atoms with Crippen LogP contribution in [0.4, 0.5) is 0 Å². The highest BCUT2D eigenvalue weighted by atomic mass is 16.4. The lowest BCUT2D eigenvalue weighted by atomic mass is 9.86. The van der Waals surface area contributed by atoms with E-state index in [0.29, 0.717) is 17.1 Å². The summed E-state index contributed by atoms with van der Waals surface area (Å²) in [6.07, 6.45) is 5.70. The minimum Gasteiger partial charge on any atom is -0.478 e. The second-order valence-corrected chi connectivity index (χ2v) is 6.16. The number of hydrogen-bond acceptors (Lipinski definition) is 2. The Kier molecular flexibility index (Phi) is 3.70. The van der Waals surface area contributed by atoms with E-state index in [1.165, 1.54) is 19.3 Å². The number of aryl methyl sites for hydroxylation is 1. The summed E-state index contributed by atoms with van der Waals surface area (Å²) < 4.78 is 2.30. The zero-order chi connectivity index (χ0) is 15.0. The van der Waals surface area contributed by atoms with Crippen LogP contribution in [-0.4, -0.2) is 20.6 Å². The van der Waals surface area contributed by atoms with Gasteiger partial charge in [0.2, 0.25) is 0 Å². The first-order valence-electron chi connectivity index (χ1n) is 7.85. The molecule has 1 aromatic carbocycles. The third-order valence-electron chi connectivity index (χ3n) is 4.61. The normalized spacial score (nSPS) is 22.6. The summed E-state index contributed by atoms with van der Waals surface area (Å²) in [4.78, 5) is 16.0. The number of hydrogen-bond donors (Lipinski definition) is 1. The van der Waals surface area contributed by atoms with Gasteiger partial charge in [0, 0.05) is 12.5 Å². The number of benzene rings is 1. The molecule has 21 heavy (non-hydrogen) atoms. The van der Waals surface area contributed by atoms with Gasteiger partial charge in [-0.3, -0.25) is 0 Å². The summed E-state index contributed by atoms with van der Waals surface area (Å²) in [6, 6.07) is 5.94. The molecule has 4 heteroatoms. The van der Waals surface area contributed by atoms with Crippen molar-refractivity contribution in [3.8, 4) is 0 Å². The van der Waals surface area contributed by atoms with E-state index in [4.69, 9.17) is 0 Å². The van der Waals surface area contributed by atoms with Crippen molar-refractivity contribution in [1.82, 2.24) is 9.55 Å². The lowest BCUT2D eigenvalue weighted by Crippen LogP contribution is -2.19. The highest BCUT2D eigenvalue weighted by Crippen LogP contribution is 2.36. The van der Waals surface area contributed by atoms with E-state index in [1.807, 2.05) is 12.1 Å². The molecule has 1 aromatic heterocycles. The van der Waals surface area contributed by atoms with Crippen LogP contribution in [0.25, 0.3) is 11.0 Å². The molecular formula is C17H22N2O2. The van der Waals surface area contributed by atoms with Gasteiger partial charge < -0.3 is 9.67 Å². The van der Waals surface area contributed by atoms with Crippen LogP contribution >= 0.6 is 0 Å². The molecular weight excluding hydrogens is 264 g/mol. The highest BCUT2D eigenvalue weighted by Gasteiger charge is 2.25. The molecule has 112 valence electrons. The number of imidazole rings is 1. The smallest absolute Gasteiger partial charge is 0.337 e. The molecule has 1 aliphatic rings. The van der Waals surface area contributed by atoms with Crippen LogP contribution in [0.15, 0.2) is 18.2 Å². The number of carboxylic acid groups (broad SMARTS) is 1. The average Bonchev–Trinajstić information content (AvgIpc) is 2.85. The summed E-state index contributed by atoms with van der Waals surface area (Å²) in [5, 5.41) is 9.36. The molecule has 2 unspecified atom stereocenters. The van der Waals surface area contributed by atoms with E-state index in [0.717, 1.165) is 30.1 Å². The Morgan fingerprint density at radius 3 is 2.90 bits per heavy atom. The van der Waals surface area contributed by atoms with Crippen LogP contribution in [0.3, 0.4) is 0 Å². The molecule has 1 saturated carbocycles. The maximum absolute atomic E-state index is 11.4. The maximum Gasteiger partial charge on any atom is 0.337 e. The van der Waals surface area contributed by atoms with Gasteiger partial charge in [0.25, 0.3) is 0 Å². The quantitative estimate of drug-likeness (QED) is 0.926. The second-order valence-electron chi connectivity index (χ2n) is 6.16. The van der Waals surface area contributed by atoms with Gasteiger partial charge in [-0.25, -0.2) is 9.78 Å². The van der Waals surface area contributed by atoms with E-state index in [9.17, 15) is 9.90 Å². The van der Waals surface area contributed by atoms with Crippen molar-refractivity contribution < 1.29 is 9.90 Å². The van der Waals surface area contributed by atoms with Crippen LogP contribution in [-0.2, 0) is 6.42 Å². The topological polar surface area (TPSA) is 55.1 Å². The summed E-state index contributed by atoms with van der Waals surface area (Å²) in [6.45, 7) is 4.39. The number of aromatic nitrogens is 2. The van der Waals surface area contributed by atoms with Gasteiger partial charge in [0.1, 0.15) is 11.3 Å². The Hall–Kier alpha value is -1.84. The summed E-state index contributed by atoms with van der Waals surface area (Å²) in [7, 11) is 0. The van der Waals surface area contributed by atoms with Crippen molar-refractivity contribution in [2.24, 2.45) is 5.92 Å². The lowest BCUT2D eigenvalue weighted by Gasteiger charge is -2.29. The minimum absolute atomic E-state index is 0.310. The molecule has 0 saturated heterocycles. The first-order valence-corrected chi connectivity index (χ1v) is 7.85. The van der Waals surface area contributed by atoms with Gasteiger partial charge in [-0.05, 0) is 30.9 Å². The van der Waals surface area contributed by atoms with Crippen molar-refractivity contribution in [3.63, 3.8) is 0 Å². The minimum atomic E-state index is -0.898. The van der Waals surface area contributed by atoms with E-state index >= 15 is 0 Å². The van der Waals surface area contributed by atoms with Crippen molar-refractivity contribution >= 4 is 17.0 Å². The van der Waals surface area contributed by atoms with Gasteiger partial charge in [-0.2, -0.15) is 0 Å². The first kappa shape index (κ1) is 14.1. The number of carbonyl (C=O) groups is 1. The number of fused-ring (bicyclic) bond motifs is 1. The second kappa shape index (κ2) is 5.51. The lowest BCUT2D eigenvalue weighted by molar-refractivity contribution is 0.0699. The predicted octanol–water partition coefficient (Wildman–Crippen LogP) is 4.05. The Balaban J connectivity index is 2.16. The molecule has 1 aliphatic carbocycles. The molecule has 0 spiro atoms. The molecule has 4 nitrogen and oxygen atoms in total. The van der Waals surface area contributed by atoms with Gasteiger partial charge in [0.15, 0.2) is 0 Å². The van der Waals surface area contributed by atoms with E-state index in [2.05, 4.69) is 23.4 Å². The molecule has 0 aliphatic heterocycles.